The van der Waals surface area contributed by atoms with Crippen LogP contribution >= 0.6 is 11.3 Å². The number of fused-ring (bicyclic) bond motifs is 2. The summed E-state index contributed by atoms with van der Waals surface area (Å²) in [6.45, 7) is 4.07. The molecule has 0 bridgehead atoms. The molecule has 5 heterocycles. The molecule has 2 unspecified atom stereocenters. The molecular weight excluding hydrogens is 485 g/mol. The van der Waals surface area contributed by atoms with Crippen LogP contribution in [0.4, 0.5) is 24.9 Å². The fraction of sp³-hybridized carbons (Fsp3) is 0.619. The van der Waals surface area contributed by atoms with Crippen LogP contribution in [-0.4, -0.2) is 69.0 Å². The van der Waals surface area contributed by atoms with E-state index in [4.69, 9.17) is 14.7 Å². The van der Waals surface area contributed by atoms with Crippen LogP contribution in [0.25, 0.3) is 10.2 Å². The van der Waals surface area contributed by atoms with E-state index in [0.29, 0.717) is 31.4 Å². The molecule has 14 heteroatoms. The number of ether oxygens (including phenoxy) is 1. The maximum atomic E-state index is 13.3. The Morgan fingerprint density at radius 2 is 2.06 bits per heavy atom. The molecule has 1 saturated heterocycles. The minimum Gasteiger partial charge on any atom is -0.356 e. The highest BCUT2D eigenvalue weighted by atomic mass is 32.1. The molecule has 3 aromatic rings. The number of nitrogens with one attached hydrogen (secondary N) is 1. The lowest BCUT2D eigenvalue weighted by Crippen LogP contribution is -2.41. The van der Waals surface area contributed by atoms with Crippen molar-refractivity contribution in [1.82, 2.24) is 30.0 Å². The van der Waals surface area contributed by atoms with Gasteiger partial charge in [-0.1, -0.05) is 13.3 Å². The summed E-state index contributed by atoms with van der Waals surface area (Å²) in [5, 5.41) is 20.9. The number of rotatable bonds is 7. The summed E-state index contributed by atoms with van der Waals surface area (Å²) in [6, 6.07) is 2.10. The van der Waals surface area contributed by atoms with Crippen molar-refractivity contribution in [3.05, 3.63) is 22.6 Å². The van der Waals surface area contributed by atoms with E-state index in [0.717, 1.165) is 34.0 Å². The standard InChI is InChI=1S/C21H27F3N8O2S/c1-3-4-13-9-14-16(30-7-8-32-15(11-30)28-29-18(32)21(22,23)24)26-19(27-17(14)35-13)31-6-5-12(10-31)25-20(33)34-2/h9,12,20,25,33H,3-8,10-11H2,1-2H3. The highest BCUT2D eigenvalue weighted by molar-refractivity contribution is 7.18. The van der Waals surface area contributed by atoms with Crippen LogP contribution in [0.15, 0.2) is 6.07 Å². The molecule has 2 N–H and O–H groups in total. The van der Waals surface area contributed by atoms with Gasteiger partial charge in [-0.3, -0.25) is 5.32 Å². The first kappa shape index (κ1) is 24.2. The third-order valence-electron chi connectivity index (χ3n) is 6.29. The summed E-state index contributed by atoms with van der Waals surface area (Å²) >= 11 is 1.62. The highest BCUT2D eigenvalue weighted by Gasteiger charge is 2.40. The Hall–Kier alpha value is -2.55. The van der Waals surface area contributed by atoms with Crippen LogP contribution in [-0.2, 0) is 30.4 Å². The average Bonchev–Trinajstić information content (AvgIpc) is 3.55. The molecule has 35 heavy (non-hydrogen) atoms. The van der Waals surface area contributed by atoms with Gasteiger partial charge < -0.3 is 24.2 Å². The number of hydrogen-bond donors (Lipinski definition) is 2. The van der Waals surface area contributed by atoms with Crippen LogP contribution in [0.2, 0.25) is 0 Å². The van der Waals surface area contributed by atoms with E-state index in [-0.39, 0.29) is 25.0 Å². The number of nitrogens with zero attached hydrogens (tertiary/aromatic N) is 7. The molecule has 10 nitrogen and oxygen atoms in total. The number of aliphatic hydroxyl groups is 1. The Morgan fingerprint density at radius 1 is 1.23 bits per heavy atom. The van der Waals surface area contributed by atoms with Gasteiger partial charge in [0.2, 0.25) is 18.2 Å². The van der Waals surface area contributed by atoms with Gasteiger partial charge in [0.25, 0.3) is 0 Å². The maximum Gasteiger partial charge on any atom is 0.451 e. The zero-order valence-electron chi connectivity index (χ0n) is 19.4. The summed E-state index contributed by atoms with van der Waals surface area (Å²) in [6.07, 6.45) is -2.88. The van der Waals surface area contributed by atoms with Crippen molar-refractivity contribution in [2.24, 2.45) is 0 Å². The van der Waals surface area contributed by atoms with Crippen molar-refractivity contribution in [1.29, 1.82) is 0 Å². The minimum absolute atomic E-state index is 0.0148. The molecule has 0 spiro atoms. The number of halogens is 3. The molecule has 2 aliphatic heterocycles. The maximum absolute atomic E-state index is 13.3. The molecule has 190 valence electrons. The Bertz CT molecular complexity index is 1200. The Kier molecular flexibility index (Phi) is 6.55. The third kappa shape index (κ3) is 4.79. The lowest BCUT2D eigenvalue weighted by molar-refractivity contribution is -0.147. The molecule has 2 atom stereocenters. The monoisotopic (exact) mass is 512 g/mol. The third-order valence-corrected chi connectivity index (χ3v) is 7.38. The van der Waals surface area contributed by atoms with Crippen molar-refractivity contribution in [2.45, 2.75) is 57.9 Å². The van der Waals surface area contributed by atoms with Gasteiger partial charge >= 0.3 is 6.18 Å². The second kappa shape index (κ2) is 9.48. The predicted octanol–water partition coefficient (Wildman–Crippen LogP) is 2.36. The van der Waals surface area contributed by atoms with Gasteiger partial charge in [0, 0.05) is 44.2 Å². The molecule has 0 aromatic carbocycles. The predicted molar refractivity (Wildman–Crippen MR) is 124 cm³/mol. The quantitative estimate of drug-likeness (QED) is 0.462. The van der Waals surface area contributed by atoms with Gasteiger partial charge in [-0.25, -0.2) is 4.98 Å². The van der Waals surface area contributed by atoms with Gasteiger partial charge in [-0.15, -0.1) is 21.5 Å². The van der Waals surface area contributed by atoms with Crippen molar-refractivity contribution in [3.8, 4) is 0 Å². The number of aromatic nitrogens is 5. The van der Waals surface area contributed by atoms with Gasteiger partial charge in [0.15, 0.2) is 5.82 Å². The Balaban J connectivity index is 1.47. The summed E-state index contributed by atoms with van der Waals surface area (Å²) in [5.41, 5.74) is 0. The topological polar surface area (TPSA) is 104 Å². The van der Waals surface area contributed by atoms with E-state index in [9.17, 15) is 18.3 Å². The average molecular weight is 513 g/mol. The van der Waals surface area contributed by atoms with E-state index >= 15 is 0 Å². The molecule has 0 radical (unpaired) electrons. The van der Waals surface area contributed by atoms with Crippen molar-refractivity contribution in [3.63, 3.8) is 0 Å². The van der Waals surface area contributed by atoms with E-state index in [1.165, 1.54) is 12.0 Å². The van der Waals surface area contributed by atoms with Crippen LogP contribution < -0.4 is 15.1 Å². The van der Waals surface area contributed by atoms with Crippen molar-refractivity contribution in [2.75, 3.05) is 36.5 Å². The lowest BCUT2D eigenvalue weighted by Gasteiger charge is -2.30. The molecule has 2 aliphatic rings. The first-order chi connectivity index (χ1) is 16.8. The second-order valence-electron chi connectivity index (χ2n) is 8.73. The van der Waals surface area contributed by atoms with Gasteiger partial charge in [0.1, 0.15) is 10.6 Å². The molecule has 0 saturated carbocycles. The fourth-order valence-corrected chi connectivity index (χ4v) is 5.71. The number of aryl methyl sites for hydroxylation is 1. The van der Waals surface area contributed by atoms with Crippen LogP contribution in [0.5, 0.6) is 0 Å². The lowest BCUT2D eigenvalue weighted by atomic mass is 10.2. The number of aliphatic hydroxyl groups excluding tert-OH is 1. The SMILES string of the molecule is CCCc1cc2c(N3CCn4c(nnc4C(F)(F)F)C3)nc(N3CCC(NC(O)OC)C3)nc2s1. The minimum atomic E-state index is -4.54. The van der Waals surface area contributed by atoms with E-state index < -0.39 is 18.4 Å². The molecule has 1 fully saturated rings. The summed E-state index contributed by atoms with van der Waals surface area (Å²) < 4.78 is 45.9. The van der Waals surface area contributed by atoms with E-state index in [1.807, 2.05) is 4.90 Å². The first-order valence-corrected chi connectivity index (χ1v) is 12.3. The second-order valence-corrected chi connectivity index (χ2v) is 9.84. The number of alkyl halides is 3. The van der Waals surface area contributed by atoms with Gasteiger partial charge in [-0.05, 0) is 18.9 Å². The largest absolute Gasteiger partial charge is 0.451 e. The Labute approximate surface area is 203 Å². The van der Waals surface area contributed by atoms with Crippen LogP contribution in [0, 0.1) is 0 Å². The van der Waals surface area contributed by atoms with E-state index in [2.05, 4.69) is 33.4 Å². The van der Waals surface area contributed by atoms with Gasteiger partial charge in [0.05, 0.1) is 11.9 Å². The van der Waals surface area contributed by atoms with Crippen LogP contribution in [0.1, 0.15) is 36.3 Å². The summed E-state index contributed by atoms with van der Waals surface area (Å²) in [5.74, 6) is 0.562. The normalized spacial score (nSPS) is 19.5. The van der Waals surface area contributed by atoms with Gasteiger partial charge in [-0.2, -0.15) is 18.2 Å². The zero-order valence-corrected chi connectivity index (χ0v) is 20.2. The number of anilines is 2. The highest BCUT2D eigenvalue weighted by Crippen LogP contribution is 2.36. The zero-order chi connectivity index (χ0) is 24.7. The molecule has 0 amide bonds. The van der Waals surface area contributed by atoms with Crippen LogP contribution in [0.3, 0.4) is 0 Å². The van der Waals surface area contributed by atoms with Crippen molar-refractivity contribution < 1.29 is 23.0 Å². The Morgan fingerprint density at radius 3 is 2.80 bits per heavy atom. The summed E-state index contributed by atoms with van der Waals surface area (Å²) in [4.78, 5) is 15.8. The van der Waals surface area contributed by atoms with Crippen molar-refractivity contribution >= 4 is 33.3 Å². The van der Waals surface area contributed by atoms with E-state index in [1.54, 1.807) is 11.3 Å². The molecule has 0 aliphatic carbocycles. The number of hydrogen-bond acceptors (Lipinski definition) is 10. The number of thiophene rings is 1. The fourth-order valence-electron chi connectivity index (χ4n) is 4.59. The molecule has 5 rings (SSSR count). The smallest absolute Gasteiger partial charge is 0.356 e. The summed E-state index contributed by atoms with van der Waals surface area (Å²) in [7, 11) is 1.43. The molecule has 3 aromatic heterocycles. The molecular formula is C21H27F3N8O2S. The number of methoxy groups -OCH3 is 1. The first-order valence-electron chi connectivity index (χ1n) is 11.5.